The highest BCUT2D eigenvalue weighted by Crippen LogP contribution is 2.43. The van der Waals surface area contributed by atoms with Crippen LogP contribution < -0.4 is 0 Å². The summed E-state index contributed by atoms with van der Waals surface area (Å²) < 4.78 is 0. The highest BCUT2D eigenvalue weighted by Gasteiger charge is 2.16. The van der Waals surface area contributed by atoms with Crippen LogP contribution >= 0.6 is 22.7 Å². The molecule has 0 unspecified atom stereocenters. The lowest BCUT2D eigenvalue weighted by molar-refractivity contribution is 1.33. The topological polar surface area (TPSA) is 51.6 Å². The molecule has 0 N–H and O–H groups in total. The minimum absolute atomic E-state index is 1.09. The summed E-state index contributed by atoms with van der Waals surface area (Å²) in [4.78, 5) is 19.9. The minimum atomic E-state index is 1.09. The van der Waals surface area contributed by atoms with Gasteiger partial charge in [0.1, 0.15) is 0 Å². The average Bonchev–Trinajstić information content (AvgIpc) is 3.71. The Morgan fingerprint density at radius 1 is 0.421 bits per heavy atom. The van der Waals surface area contributed by atoms with Crippen molar-refractivity contribution in [2.45, 2.75) is 0 Å². The van der Waals surface area contributed by atoms with Crippen LogP contribution in [0.25, 0.3) is 75.5 Å². The Morgan fingerprint density at radius 2 is 0.868 bits per heavy atom. The zero-order chi connectivity index (χ0) is 25.1. The van der Waals surface area contributed by atoms with Crippen LogP contribution in [0, 0.1) is 0 Å². The molecule has 0 spiro atoms. The van der Waals surface area contributed by atoms with Crippen molar-refractivity contribution in [2.24, 2.45) is 0 Å². The first-order valence-electron chi connectivity index (χ1n) is 12.2. The van der Waals surface area contributed by atoms with Crippen LogP contribution in [0.2, 0.25) is 0 Å². The van der Waals surface area contributed by atoms with Crippen molar-refractivity contribution < 1.29 is 0 Å². The zero-order valence-electron chi connectivity index (χ0n) is 20.0. The first kappa shape index (κ1) is 21.6. The fourth-order valence-corrected chi connectivity index (χ4v) is 6.67. The van der Waals surface area contributed by atoms with Crippen molar-refractivity contribution in [1.29, 1.82) is 0 Å². The molecule has 8 aromatic rings. The summed E-state index contributed by atoms with van der Waals surface area (Å²) in [6.45, 7) is 0. The Hall–Kier alpha value is -4.52. The van der Waals surface area contributed by atoms with Gasteiger partial charge in [0.05, 0.1) is 20.8 Å². The van der Waals surface area contributed by atoms with Gasteiger partial charge in [0, 0.05) is 59.4 Å². The van der Waals surface area contributed by atoms with E-state index >= 15 is 0 Å². The van der Waals surface area contributed by atoms with Crippen LogP contribution in [-0.2, 0) is 0 Å². The molecule has 0 saturated heterocycles. The molecule has 0 amide bonds. The van der Waals surface area contributed by atoms with Crippen molar-refractivity contribution in [3.8, 4) is 43.1 Å². The van der Waals surface area contributed by atoms with Crippen molar-refractivity contribution in [3.63, 3.8) is 0 Å². The van der Waals surface area contributed by atoms with Gasteiger partial charge in [-0.3, -0.25) is 19.9 Å². The Kier molecular flexibility index (Phi) is 4.83. The number of aromatic nitrogens is 4. The Labute approximate surface area is 226 Å². The summed E-state index contributed by atoms with van der Waals surface area (Å²) in [6.07, 6.45) is 11.5. The molecule has 0 aliphatic carbocycles. The molecule has 6 heteroatoms. The predicted octanol–water partition coefficient (Wildman–Crippen LogP) is 8.95. The standard InChI is InChI=1S/C32H18N4S2/c1-5-25(21-9-23(13-33-11-21)29-15-35-17-37-29)27-8-4-20-2-6-26(28-7-3-19(1)31(27)32(20)28)22-10-24(14-34-12-22)30-16-36-18-38-30/h1-18H. The van der Waals surface area contributed by atoms with Crippen molar-refractivity contribution in [1.82, 2.24) is 19.9 Å². The zero-order valence-corrected chi connectivity index (χ0v) is 21.6. The maximum atomic E-state index is 4.58. The quantitative estimate of drug-likeness (QED) is 0.217. The van der Waals surface area contributed by atoms with E-state index in [0.717, 1.165) is 32.0 Å². The van der Waals surface area contributed by atoms with E-state index in [4.69, 9.17) is 0 Å². The van der Waals surface area contributed by atoms with Gasteiger partial charge in [-0.05, 0) is 55.6 Å². The summed E-state index contributed by atoms with van der Waals surface area (Å²) >= 11 is 3.26. The van der Waals surface area contributed by atoms with E-state index in [1.165, 1.54) is 43.4 Å². The number of hydrogen-bond donors (Lipinski definition) is 0. The van der Waals surface area contributed by atoms with Crippen LogP contribution in [0.1, 0.15) is 0 Å². The molecule has 0 aliphatic heterocycles. The second kappa shape index (κ2) is 8.52. The predicted molar refractivity (Wildman–Crippen MR) is 159 cm³/mol. The van der Waals surface area contributed by atoms with Gasteiger partial charge < -0.3 is 0 Å². The van der Waals surface area contributed by atoms with Crippen molar-refractivity contribution in [2.75, 3.05) is 0 Å². The minimum Gasteiger partial charge on any atom is -0.263 e. The lowest BCUT2D eigenvalue weighted by atomic mass is 9.87. The second-order valence-corrected chi connectivity index (χ2v) is 11.1. The summed E-state index contributed by atoms with van der Waals surface area (Å²) in [7, 11) is 0. The SMILES string of the molecule is c1ncc(-c2cncc(-c3ccc4ccc5c(-c6cncc(-c7cncs7)c6)ccc6ccc3c4c65)c2)s1. The molecule has 0 atom stereocenters. The number of rotatable bonds is 4. The van der Waals surface area contributed by atoms with E-state index in [0.29, 0.717) is 0 Å². The highest BCUT2D eigenvalue weighted by molar-refractivity contribution is 7.13. The number of nitrogens with zero attached hydrogens (tertiary/aromatic N) is 4. The van der Waals surface area contributed by atoms with E-state index in [1.54, 1.807) is 22.7 Å². The van der Waals surface area contributed by atoms with Gasteiger partial charge in [-0.25, -0.2) is 0 Å². The summed E-state index contributed by atoms with van der Waals surface area (Å²) in [6, 6.07) is 22.3. The molecule has 0 fully saturated rings. The Balaban J connectivity index is 1.36. The van der Waals surface area contributed by atoms with E-state index in [2.05, 4.69) is 80.6 Å². The fraction of sp³-hybridized carbons (Fsp3) is 0. The fourth-order valence-electron chi connectivity index (χ4n) is 5.47. The van der Waals surface area contributed by atoms with Gasteiger partial charge in [-0.15, -0.1) is 22.7 Å². The molecule has 0 aliphatic rings. The molecule has 0 bridgehead atoms. The number of hydrogen-bond acceptors (Lipinski definition) is 6. The van der Waals surface area contributed by atoms with Crippen LogP contribution in [0.3, 0.4) is 0 Å². The van der Waals surface area contributed by atoms with E-state index in [9.17, 15) is 0 Å². The lowest BCUT2D eigenvalue weighted by Crippen LogP contribution is -1.90. The monoisotopic (exact) mass is 522 g/mol. The highest BCUT2D eigenvalue weighted by atomic mass is 32.1. The molecule has 4 nitrogen and oxygen atoms in total. The molecule has 4 aromatic heterocycles. The van der Waals surface area contributed by atoms with E-state index in [-0.39, 0.29) is 0 Å². The molecular formula is C32H18N4S2. The van der Waals surface area contributed by atoms with Gasteiger partial charge in [0.15, 0.2) is 0 Å². The van der Waals surface area contributed by atoms with Gasteiger partial charge in [0.25, 0.3) is 0 Å². The number of pyridine rings is 2. The normalized spacial score (nSPS) is 11.7. The maximum absolute atomic E-state index is 4.58. The number of benzene rings is 4. The third-order valence-electron chi connectivity index (χ3n) is 7.20. The lowest BCUT2D eigenvalue weighted by Gasteiger charge is -2.16. The van der Waals surface area contributed by atoms with E-state index < -0.39 is 0 Å². The first-order chi connectivity index (χ1) is 18.8. The Bertz CT molecular complexity index is 1930. The molecule has 0 saturated carbocycles. The number of thiazole rings is 2. The third-order valence-corrected chi connectivity index (χ3v) is 8.84. The van der Waals surface area contributed by atoms with Crippen molar-refractivity contribution in [3.05, 3.63) is 109 Å². The summed E-state index contributed by atoms with van der Waals surface area (Å²) in [5.74, 6) is 0. The second-order valence-electron chi connectivity index (χ2n) is 9.30. The van der Waals surface area contributed by atoms with Crippen LogP contribution in [0.4, 0.5) is 0 Å². The van der Waals surface area contributed by atoms with Crippen LogP contribution in [0.5, 0.6) is 0 Å². The molecule has 178 valence electrons. The van der Waals surface area contributed by atoms with Gasteiger partial charge in [0.2, 0.25) is 0 Å². The molecule has 4 aromatic carbocycles. The molecular weight excluding hydrogens is 505 g/mol. The average molecular weight is 523 g/mol. The van der Waals surface area contributed by atoms with Gasteiger partial charge in [-0.1, -0.05) is 48.5 Å². The molecule has 0 radical (unpaired) electrons. The molecule has 8 rings (SSSR count). The maximum Gasteiger partial charge on any atom is 0.0797 e. The first-order valence-corrected chi connectivity index (χ1v) is 14.0. The summed E-state index contributed by atoms with van der Waals surface area (Å²) in [5, 5.41) is 7.52. The molecule has 38 heavy (non-hydrogen) atoms. The van der Waals surface area contributed by atoms with Crippen LogP contribution in [-0.4, -0.2) is 19.9 Å². The van der Waals surface area contributed by atoms with Crippen molar-refractivity contribution >= 4 is 55.0 Å². The Morgan fingerprint density at radius 3 is 1.32 bits per heavy atom. The largest absolute Gasteiger partial charge is 0.263 e. The van der Waals surface area contributed by atoms with Gasteiger partial charge >= 0.3 is 0 Å². The van der Waals surface area contributed by atoms with E-state index in [1.807, 2.05) is 48.2 Å². The summed E-state index contributed by atoms with van der Waals surface area (Å²) in [5.41, 5.74) is 10.5. The van der Waals surface area contributed by atoms with Gasteiger partial charge in [-0.2, -0.15) is 0 Å². The van der Waals surface area contributed by atoms with Crippen LogP contribution in [0.15, 0.2) is 109 Å². The third kappa shape index (κ3) is 3.35. The molecule has 4 heterocycles. The smallest absolute Gasteiger partial charge is 0.0797 e.